The molecule has 0 spiro atoms. The summed E-state index contributed by atoms with van der Waals surface area (Å²) in [4.78, 5) is 21.8. The van der Waals surface area contributed by atoms with Gasteiger partial charge in [0.15, 0.2) is 0 Å². The normalized spacial score (nSPS) is 13.6. The molecule has 0 bridgehead atoms. The Morgan fingerprint density at radius 3 is 1.40 bits per heavy atom. The topological polar surface area (TPSA) is 34.1 Å². The molecule has 100 valence electrons. The van der Waals surface area contributed by atoms with E-state index in [1.807, 2.05) is 24.3 Å². The SMILES string of the molecule is O=Cc1ccc2c(c1)CCc1cc(C=O)ccc1CC2. The number of fused-ring (bicyclic) bond motifs is 2. The molecule has 3 rings (SSSR count). The average Bonchev–Trinajstić information content (AvgIpc) is 2.49. The van der Waals surface area contributed by atoms with Crippen LogP contribution >= 0.6 is 0 Å². The van der Waals surface area contributed by atoms with Crippen LogP contribution in [0.15, 0.2) is 36.4 Å². The summed E-state index contributed by atoms with van der Waals surface area (Å²) in [7, 11) is 0. The molecule has 2 aromatic rings. The summed E-state index contributed by atoms with van der Waals surface area (Å²) < 4.78 is 0. The Labute approximate surface area is 118 Å². The second-order valence-corrected chi connectivity index (χ2v) is 5.29. The lowest BCUT2D eigenvalue weighted by molar-refractivity contribution is 0.111. The van der Waals surface area contributed by atoms with Crippen LogP contribution in [0.1, 0.15) is 43.0 Å². The summed E-state index contributed by atoms with van der Waals surface area (Å²) in [6, 6.07) is 11.9. The Morgan fingerprint density at radius 1 is 0.600 bits per heavy atom. The molecular formula is C18H16O2. The van der Waals surface area contributed by atoms with Gasteiger partial charge < -0.3 is 0 Å². The summed E-state index contributed by atoms with van der Waals surface area (Å²) in [5.74, 6) is 0. The van der Waals surface area contributed by atoms with E-state index in [9.17, 15) is 9.59 Å². The number of benzene rings is 2. The second kappa shape index (κ2) is 5.41. The average molecular weight is 264 g/mol. The molecule has 0 unspecified atom stereocenters. The molecule has 20 heavy (non-hydrogen) atoms. The zero-order valence-corrected chi connectivity index (χ0v) is 11.3. The van der Waals surface area contributed by atoms with Crippen molar-refractivity contribution in [3.05, 3.63) is 69.8 Å². The van der Waals surface area contributed by atoms with Crippen LogP contribution < -0.4 is 0 Å². The van der Waals surface area contributed by atoms with Crippen LogP contribution in [-0.2, 0) is 25.7 Å². The minimum absolute atomic E-state index is 0.742. The molecule has 0 heterocycles. The summed E-state index contributed by atoms with van der Waals surface area (Å²) in [6.07, 6.45) is 5.62. The first kappa shape index (κ1) is 12.8. The predicted octanol–water partition coefficient (Wildman–Crippen LogP) is 3.20. The van der Waals surface area contributed by atoms with Crippen LogP contribution in [0.25, 0.3) is 0 Å². The number of carbonyl (C=O) groups excluding carboxylic acids is 2. The molecule has 0 saturated heterocycles. The fourth-order valence-corrected chi connectivity index (χ4v) is 2.93. The van der Waals surface area contributed by atoms with E-state index in [2.05, 4.69) is 12.1 Å². The maximum absolute atomic E-state index is 10.9. The van der Waals surface area contributed by atoms with Crippen molar-refractivity contribution < 1.29 is 9.59 Å². The van der Waals surface area contributed by atoms with Crippen LogP contribution in [0.4, 0.5) is 0 Å². The quantitative estimate of drug-likeness (QED) is 0.781. The lowest BCUT2D eigenvalue weighted by atomic mass is 9.87. The van der Waals surface area contributed by atoms with Crippen molar-refractivity contribution in [2.45, 2.75) is 25.7 Å². The van der Waals surface area contributed by atoms with Gasteiger partial charge in [0.25, 0.3) is 0 Å². The number of hydrogen-bond acceptors (Lipinski definition) is 2. The van der Waals surface area contributed by atoms with Gasteiger partial charge in [-0.2, -0.15) is 0 Å². The smallest absolute Gasteiger partial charge is 0.150 e. The van der Waals surface area contributed by atoms with Crippen LogP contribution in [0.5, 0.6) is 0 Å². The highest BCUT2D eigenvalue weighted by Gasteiger charge is 2.12. The van der Waals surface area contributed by atoms with E-state index in [1.54, 1.807) is 0 Å². The van der Waals surface area contributed by atoms with Gasteiger partial charge in [0.2, 0.25) is 0 Å². The maximum Gasteiger partial charge on any atom is 0.150 e. The van der Waals surface area contributed by atoms with Crippen molar-refractivity contribution in [2.75, 3.05) is 0 Å². The number of aldehydes is 2. The molecule has 0 N–H and O–H groups in total. The van der Waals surface area contributed by atoms with Gasteiger partial charge in [-0.05, 0) is 60.1 Å². The van der Waals surface area contributed by atoms with E-state index in [1.165, 1.54) is 22.3 Å². The Balaban J connectivity index is 1.95. The first-order valence-corrected chi connectivity index (χ1v) is 6.94. The Bertz CT molecular complexity index is 612. The minimum atomic E-state index is 0.742. The van der Waals surface area contributed by atoms with Crippen LogP contribution in [-0.4, -0.2) is 12.6 Å². The third kappa shape index (κ3) is 2.42. The third-order valence-electron chi connectivity index (χ3n) is 4.06. The Morgan fingerprint density at radius 2 is 1.00 bits per heavy atom. The van der Waals surface area contributed by atoms with E-state index in [0.717, 1.165) is 49.4 Å². The molecule has 2 nitrogen and oxygen atoms in total. The van der Waals surface area contributed by atoms with Crippen molar-refractivity contribution in [3.8, 4) is 0 Å². The number of carbonyl (C=O) groups is 2. The molecule has 0 aliphatic heterocycles. The Hall–Kier alpha value is -2.22. The zero-order valence-electron chi connectivity index (χ0n) is 11.3. The van der Waals surface area contributed by atoms with Crippen molar-refractivity contribution in [2.24, 2.45) is 0 Å². The van der Waals surface area contributed by atoms with Crippen LogP contribution in [0, 0.1) is 0 Å². The molecule has 2 heteroatoms. The summed E-state index contributed by atoms with van der Waals surface area (Å²) >= 11 is 0. The van der Waals surface area contributed by atoms with Crippen molar-refractivity contribution in [1.82, 2.24) is 0 Å². The largest absolute Gasteiger partial charge is 0.298 e. The molecule has 0 amide bonds. The number of rotatable bonds is 2. The molecule has 0 fully saturated rings. The molecule has 1 aliphatic carbocycles. The monoisotopic (exact) mass is 264 g/mol. The highest BCUT2D eigenvalue weighted by Crippen LogP contribution is 2.23. The minimum Gasteiger partial charge on any atom is -0.298 e. The number of hydrogen-bond donors (Lipinski definition) is 0. The first-order chi connectivity index (χ1) is 9.80. The van der Waals surface area contributed by atoms with Gasteiger partial charge in [-0.15, -0.1) is 0 Å². The molecule has 1 aliphatic rings. The summed E-state index contributed by atoms with van der Waals surface area (Å²) in [5, 5.41) is 0. The van der Waals surface area contributed by atoms with Crippen molar-refractivity contribution >= 4 is 12.6 Å². The molecule has 0 aromatic heterocycles. The fourth-order valence-electron chi connectivity index (χ4n) is 2.93. The van der Waals surface area contributed by atoms with Crippen LogP contribution in [0.3, 0.4) is 0 Å². The van der Waals surface area contributed by atoms with Gasteiger partial charge in [-0.25, -0.2) is 0 Å². The highest BCUT2D eigenvalue weighted by molar-refractivity contribution is 5.76. The van der Waals surface area contributed by atoms with Crippen molar-refractivity contribution in [3.63, 3.8) is 0 Å². The first-order valence-electron chi connectivity index (χ1n) is 6.94. The van der Waals surface area contributed by atoms with E-state index < -0.39 is 0 Å². The predicted molar refractivity (Wildman–Crippen MR) is 78.5 cm³/mol. The molecule has 0 saturated carbocycles. The Kier molecular flexibility index (Phi) is 3.46. The molecule has 0 atom stereocenters. The lowest BCUT2D eigenvalue weighted by Gasteiger charge is -2.17. The van der Waals surface area contributed by atoms with Gasteiger partial charge >= 0.3 is 0 Å². The van der Waals surface area contributed by atoms with E-state index >= 15 is 0 Å². The lowest BCUT2D eigenvalue weighted by Crippen LogP contribution is -2.07. The van der Waals surface area contributed by atoms with E-state index in [0.29, 0.717) is 0 Å². The molecule has 0 radical (unpaired) electrons. The van der Waals surface area contributed by atoms with E-state index in [-0.39, 0.29) is 0 Å². The molecular weight excluding hydrogens is 248 g/mol. The highest BCUT2D eigenvalue weighted by atomic mass is 16.1. The standard InChI is InChI=1S/C18H16O2/c19-11-13-1-3-15-5-6-16-4-2-14(12-20)10-18(16)8-7-17(15)9-13/h1-4,9-12H,5-8H2. The van der Waals surface area contributed by atoms with Gasteiger partial charge in [-0.3, -0.25) is 9.59 Å². The van der Waals surface area contributed by atoms with Gasteiger partial charge in [0.1, 0.15) is 12.6 Å². The fraction of sp³-hybridized carbons (Fsp3) is 0.222. The van der Waals surface area contributed by atoms with Crippen molar-refractivity contribution in [1.29, 1.82) is 0 Å². The maximum atomic E-state index is 10.9. The molecule has 2 aromatic carbocycles. The summed E-state index contributed by atoms with van der Waals surface area (Å²) in [5.41, 5.74) is 6.67. The van der Waals surface area contributed by atoms with Gasteiger partial charge in [0.05, 0.1) is 0 Å². The number of aryl methyl sites for hydroxylation is 4. The van der Waals surface area contributed by atoms with Crippen LogP contribution in [0.2, 0.25) is 0 Å². The summed E-state index contributed by atoms with van der Waals surface area (Å²) in [6.45, 7) is 0. The third-order valence-corrected chi connectivity index (χ3v) is 4.06. The van der Waals surface area contributed by atoms with E-state index in [4.69, 9.17) is 0 Å². The zero-order chi connectivity index (χ0) is 13.9. The second-order valence-electron chi connectivity index (χ2n) is 5.29. The van der Waals surface area contributed by atoms with Gasteiger partial charge in [0, 0.05) is 11.1 Å². The van der Waals surface area contributed by atoms with Gasteiger partial charge in [-0.1, -0.05) is 24.3 Å².